The van der Waals surface area contributed by atoms with Crippen LogP contribution < -0.4 is 0 Å². The van der Waals surface area contributed by atoms with Crippen molar-refractivity contribution < 1.29 is 18.0 Å². The van der Waals surface area contributed by atoms with Crippen molar-refractivity contribution >= 4 is 5.91 Å². The molecule has 1 fully saturated rings. The van der Waals surface area contributed by atoms with E-state index >= 15 is 0 Å². The number of amides is 1. The van der Waals surface area contributed by atoms with Crippen LogP contribution in [0.15, 0.2) is 0 Å². The summed E-state index contributed by atoms with van der Waals surface area (Å²) >= 11 is 0. The molecule has 1 aliphatic rings. The first-order valence-electron chi connectivity index (χ1n) is 5.31. The van der Waals surface area contributed by atoms with Crippen molar-refractivity contribution in [3.63, 3.8) is 0 Å². The molecule has 16 heavy (non-hydrogen) atoms. The second kappa shape index (κ2) is 5.03. The zero-order chi connectivity index (χ0) is 12.3. The van der Waals surface area contributed by atoms with E-state index < -0.39 is 12.1 Å². The minimum Gasteiger partial charge on any atom is -0.335 e. The van der Waals surface area contributed by atoms with E-state index in [-0.39, 0.29) is 13.1 Å². The average molecular weight is 238 g/mol. The van der Waals surface area contributed by atoms with Crippen molar-refractivity contribution in [2.75, 3.05) is 33.7 Å². The van der Waals surface area contributed by atoms with Crippen LogP contribution in [-0.4, -0.2) is 55.6 Å². The fourth-order valence-electron chi connectivity index (χ4n) is 2.01. The van der Waals surface area contributed by atoms with E-state index in [0.717, 1.165) is 11.4 Å². The Bertz CT molecular complexity index is 245. The Morgan fingerprint density at radius 1 is 1.31 bits per heavy atom. The highest BCUT2D eigenvalue weighted by Gasteiger charge is 2.43. The molecule has 0 N–H and O–H groups in total. The SMILES string of the molecule is CN(C)CC1CCN(C(=O)C(F)(F)F)CC1. The Hall–Kier alpha value is -0.780. The summed E-state index contributed by atoms with van der Waals surface area (Å²) in [5.41, 5.74) is 0. The summed E-state index contributed by atoms with van der Waals surface area (Å²) in [7, 11) is 3.88. The lowest BCUT2D eigenvalue weighted by Crippen LogP contribution is -2.46. The minimum atomic E-state index is -4.73. The first kappa shape index (κ1) is 13.3. The summed E-state index contributed by atoms with van der Waals surface area (Å²) in [5.74, 6) is -1.30. The number of rotatable bonds is 2. The van der Waals surface area contributed by atoms with Crippen LogP contribution in [0.25, 0.3) is 0 Å². The van der Waals surface area contributed by atoms with E-state index in [2.05, 4.69) is 0 Å². The standard InChI is InChI=1S/C10H17F3N2O/c1-14(2)7-8-3-5-15(6-4-8)9(16)10(11,12)13/h8H,3-7H2,1-2H3. The predicted molar refractivity (Wildman–Crippen MR) is 53.9 cm³/mol. The molecule has 0 radical (unpaired) electrons. The summed E-state index contributed by atoms with van der Waals surface area (Å²) in [5, 5.41) is 0. The van der Waals surface area contributed by atoms with Gasteiger partial charge in [0, 0.05) is 19.6 Å². The van der Waals surface area contributed by atoms with Crippen LogP contribution in [0.5, 0.6) is 0 Å². The molecule has 0 saturated carbocycles. The monoisotopic (exact) mass is 238 g/mol. The van der Waals surface area contributed by atoms with Gasteiger partial charge in [-0.05, 0) is 32.9 Å². The lowest BCUT2D eigenvalue weighted by molar-refractivity contribution is -0.186. The number of carbonyl (C=O) groups excluding carboxylic acids is 1. The molecule has 6 heteroatoms. The van der Waals surface area contributed by atoms with Gasteiger partial charge in [0.25, 0.3) is 0 Å². The lowest BCUT2D eigenvalue weighted by atomic mass is 9.96. The topological polar surface area (TPSA) is 23.6 Å². The van der Waals surface area contributed by atoms with Crippen LogP contribution in [0.3, 0.4) is 0 Å². The maximum Gasteiger partial charge on any atom is 0.471 e. The second-order valence-corrected chi connectivity index (χ2v) is 4.50. The molecule has 0 bridgehead atoms. The summed E-state index contributed by atoms with van der Waals surface area (Å²) in [6.45, 7) is 1.31. The summed E-state index contributed by atoms with van der Waals surface area (Å²) in [4.78, 5) is 13.9. The molecule has 0 atom stereocenters. The maximum atomic E-state index is 12.1. The minimum absolute atomic E-state index is 0.219. The molecular formula is C10H17F3N2O. The summed E-state index contributed by atoms with van der Waals surface area (Å²) in [6.07, 6.45) is -3.42. The van der Waals surface area contributed by atoms with Crippen molar-refractivity contribution in [1.82, 2.24) is 9.80 Å². The molecule has 1 saturated heterocycles. The van der Waals surface area contributed by atoms with Crippen molar-refractivity contribution in [2.24, 2.45) is 5.92 Å². The zero-order valence-corrected chi connectivity index (χ0v) is 9.55. The first-order valence-corrected chi connectivity index (χ1v) is 5.31. The predicted octanol–water partition coefficient (Wildman–Crippen LogP) is 1.35. The third kappa shape index (κ3) is 3.66. The summed E-state index contributed by atoms with van der Waals surface area (Å²) in [6, 6.07) is 0. The summed E-state index contributed by atoms with van der Waals surface area (Å²) < 4.78 is 36.4. The Labute approximate surface area is 93.2 Å². The van der Waals surface area contributed by atoms with Crippen LogP contribution in [-0.2, 0) is 4.79 Å². The van der Waals surface area contributed by atoms with Crippen molar-refractivity contribution in [3.05, 3.63) is 0 Å². The number of likely N-dealkylation sites (tertiary alicyclic amines) is 1. The second-order valence-electron chi connectivity index (χ2n) is 4.50. The van der Waals surface area contributed by atoms with E-state index in [1.165, 1.54) is 0 Å². The molecule has 0 spiro atoms. The van der Waals surface area contributed by atoms with Crippen molar-refractivity contribution in [3.8, 4) is 0 Å². The fourth-order valence-corrected chi connectivity index (χ4v) is 2.01. The van der Waals surface area contributed by atoms with E-state index in [1.807, 2.05) is 19.0 Å². The van der Waals surface area contributed by atoms with E-state index in [4.69, 9.17) is 0 Å². The molecule has 0 aromatic heterocycles. The van der Waals surface area contributed by atoms with Gasteiger partial charge in [-0.25, -0.2) is 0 Å². The first-order chi connectivity index (χ1) is 7.30. The van der Waals surface area contributed by atoms with Gasteiger partial charge >= 0.3 is 12.1 Å². The average Bonchev–Trinajstić information content (AvgIpc) is 2.15. The maximum absolute atomic E-state index is 12.1. The Kier molecular flexibility index (Phi) is 4.18. The largest absolute Gasteiger partial charge is 0.471 e. The third-order valence-electron chi connectivity index (χ3n) is 2.77. The Balaban J connectivity index is 2.40. The van der Waals surface area contributed by atoms with E-state index in [0.29, 0.717) is 18.8 Å². The third-order valence-corrected chi connectivity index (χ3v) is 2.77. The molecule has 94 valence electrons. The van der Waals surface area contributed by atoms with Crippen LogP contribution in [0.1, 0.15) is 12.8 Å². The van der Waals surface area contributed by atoms with Crippen LogP contribution in [0.4, 0.5) is 13.2 Å². The quantitative estimate of drug-likeness (QED) is 0.725. The van der Waals surface area contributed by atoms with Gasteiger partial charge in [-0.2, -0.15) is 13.2 Å². The van der Waals surface area contributed by atoms with Gasteiger partial charge in [-0.15, -0.1) is 0 Å². The molecule has 0 unspecified atom stereocenters. The van der Waals surface area contributed by atoms with Gasteiger partial charge < -0.3 is 9.80 Å². The molecular weight excluding hydrogens is 221 g/mol. The van der Waals surface area contributed by atoms with Crippen molar-refractivity contribution in [1.29, 1.82) is 0 Å². The van der Waals surface area contributed by atoms with Gasteiger partial charge in [0.2, 0.25) is 0 Å². The molecule has 1 rings (SSSR count). The number of nitrogens with zero attached hydrogens (tertiary/aromatic N) is 2. The Morgan fingerprint density at radius 2 is 1.81 bits per heavy atom. The van der Waals surface area contributed by atoms with Gasteiger partial charge in [0.15, 0.2) is 0 Å². The van der Waals surface area contributed by atoms with Gasteiger partial charge in [-0.3, -0.25) is 4.79 Å². The fraction of sp³-hybridized carbons (Fsp3) is 0.900. The number of hydrogen-bond donors (Lipinski definition) is 0. The van der Waals surface area contributed by atoms with Gasteiger partial charge in [0.05, 0.1) is 0 Å². The zero-order valence-electron chi connectivity index (χ0n) is 9.55. The Morgan fingerprint density at radius 3 is 2.19 bits per heavy atom. The molecule has 3 nitrogen and oxygen atoms in total. The van der Waals surface area contributed by atoms with Crippen molar-refractivity contribution in [2.45, 2.75) is 19.0 Å². The smallest absolute Gasteiger partial charge is 0.335 e. The lowest BCUT2D eigenvalue weighted by Gasteiger charge is -2.33. The van der Waals surface area contributed by atoms with E-state index in [9.17, 15) is 18.0 Å². The van der Waals surface area contributed by atoms with Crippen LogP contribution in [0.2, 0.25) is 0 Å². The normalized spacial score (nSPS) is 19.2. The molecule has 1 heterocycles. The number of piperidine rings is 1. The van der Waals surface area contributed by atoms with Gasteiger partial charge in [-0.1, -0.05) is 0 Å². The molecule has 1 aliphatic heterocycles. The number of carbonyl (C=O) groups is 1. The highest BCUT2D eigenvalue weighted by atomic mass is 19.4. The van der Waals surface area contributed by atoms with Crippen LogP contribution >= 0.6 is 0 Å². The van der Waals surface area contributed by atoms with E-state index in [1.54, 1.807) is 0 Å². The molecule has 0 aromatic rings. The molecule has 0 aromatic carbocycles. The molecule has 1 amide bonds. The highest BCUT2D eigenvalue weighted by molar-refractivity contribution is 5.81. The highest BCUT2D eigenvalue weighted by Crippen LogP contribution is 2.23. The number of halogens is 3. The van der Waals surface area contributed by atoms with Gasteiger partial charge in [0.1, 0.15) is 0 Å². The molecule has 0 aliphatic carbocycles. The van der Waals surface area contributed by atoms with Crippen LogP contribution in [0, 0.1) is 5.92 Å². The number of hydrogen-bond acceptors (Lipinski definition) is 2. The number of alkyl halides is 3.